The molecule has 0 aliphatic heterocycles. The van der Waals surface area contributed by atoms with Crippen molar-refractivity contribution in [1.82, 2.24) is 0 Å². The molecule has 0 radical (unpaired) electrons. The van der Waals surface area contributed by atoms with E-state index in [1.165, 1.54) is 24.3 Å². The third kappa shape index (κ3) is 4.53. The molecule has 0 aliphatic rings. The molecule has 1 N–H and O–H groups in total. The number of benzene rings is 2. The number of para-hydroxylation sites is 1. The summed E-state index contributed by atoms with van der Waals surface area (Å²) in [6, 6.07) is 18.6. The summed E-state index contributed by atoms with van der Waals surface area (Å²) < 4.78 is 15.0. The second-order valence-electron chi connectivity index (χ2n) is 6.36. The van der Waals surface area contributed by atoms with Crippen LogP contribution in [0.3, 0.4) is 0 Å². The highest BCUT2D eigenvalue weighted by molar-refractivity contribution is 7.81. The van der Waals surface area contributed by atoms with Crippen LogP contribution in [-0.2, 0) is 0 Å². The van der Waals surface area contributed by atoms with Crippen molar-refractivity contribution >= 4 is 40.0 Å². The second kappa shape index (κ2) is 8.63. The smallest absolute Gasteiger partial charge is 0.238 e. The van der Waals surface area contributed by atoms with E-state index in [4.69, 9.17) is 12.2 Å². The number of rotatable bonds is 5. The number of hydrogen-bond acceptors (Lipinski definition) is 3. The molecule has 4 nitrogen and oxygen atoms in total. The minimum absolute atomic E-state index is 0.281. The fourth-order valence-corrected chi connectivity index (χ4v) is 2.97. The van der Waals surface area contributed by atoms with Gasteiger partial charge < -0.3 is 15.3 Å². The van der Waals surface area contributed by atoms with E-state index in [1.807, 2.05) is 61.5 Å². The number of hydrogen-bond donors (Lipinski definition) is 1. The van der Waals surface area contributed by atoms with Crippen molar-refractivity contribution in [1.29, 1.82) is 0 Å². The maximum absolute atomic E-state index is 13.3. The lowest BCUT2D eigenvalue weighted by molar-refractivity contribution is -0.577. The van der Waals surface area contributed by atoms with Gasteiger partial charge in [0.25, 0.3) is 0 Å². The summed E-state index contributed by atoms with van der Waals surface area (Å²) in [4.78, 5) is 2.25. The van der Waals surface area contributed by atoms with Crippen LogP contribution < -0.4 is 19.9 Å². The molecule has 0 fully saturated rings. The van der Waals surface area contributed by atoms with Crippen molar-refractivity contribution in [3.63, 3.8) is 0 Å². The van der Waals surface area contributed by atoms with Crippen LogP contribution in [0, 0.1) is 5.82 Å². The molecule has 3 rings (SSSR count). The molecule has 6 heteroatoms. The van der Waals surface area contributed by atoms with Crippen molar-refractivity contribution in [2.45, 2.75) is 0 Å². The van der Waals surface area contributed by atoms with Crippen LogP contribution in [0.25, 0.3) is 11.5 Å². The Morgan fingerprint density at radius 1 is 0.964 bits per heavy atom. The van der Waals surface area contributed by atoms with Gasteiger partial charge in [0.15, 0.2) is 17.4 Å². The summed E-state index contributed by atoms with van der Waals surface area (Å²) in [7, 11) is 3.88. The monoisotopic (exact) mass is 393 g/mol. The lowest BCUT2D eigenvalue weighted by Crippen LogP contribution is -2.40. The van der Waals surface area contributed by atoms with Crippen molar-refractivity contribution in [2.24, 2.45) is 0 Å². The fraction of sp³-hybridized carbons (Fsp3) is 0.0909. The lowest BCUT2D eigenvalue weighted by Gasteiger charge is -2.17. The molecule has 0 atom stereocenters. The summed E-state index contributed by atoms with van der Waals surface area (Å²) in [5.41, 5.74) is 2.42. The SMILES string of the molecule is CN(C)c1cc[n+](C(C(=S)Nc2ccccc2)=C([O-])c2ccc(F)cc2)cc1. The number of aromatic nitrogens is 1. The van der Waals surface area contributed by atoms with Gasteiger partial charge in [0.05, 0.1) is 0 Å². The number of pyridine rings is 1. The van der Waals surface area contributed by atoms with Crippen molar-refractivity contribution in [3.05, 3.63) is 90.5 Å². The molecule has 0 aliphatic carbocycles. The molecule has 1 aromatic heterocycles. The zero-order valence-corrected chi connectivity index (χ0v) is 16.4. The first-order valence-corrected chi connectivity index (χ1v) is 9.09. The first-order chi connectivity index (χ1) is 13.5. The number of anilines is 2. The van der Waals surface area contributed by atoms with Gasteiger partial charge in [-0.15, -0.1) is 0 Å². The summed E-state index contributed by atoms with van der Waals surface area (Å²) in [6.45, 7) is 0. The molecule has 0 saturated heterocycles. The van der Waals surface area contributed by atoms with E-state index in [-0.39, 0.29) is 16.4 Å². The Bertz CT molecular complexity index is 985. The predicted molar refractivity (Wildman–Crippen MR) is 113 cm³/mol. The highest BCUT2D eigenvalue weighted by Gasteiger charge is 2.19. The third-order valence-electron chi connectivity index (χ3n) is 4.15. The van der Waals surface area contributed by atoms with Gasteiger partial charge in [-0.1, -0.05) is 42.5 Å². The van der Waals surface area contributed by atoms with Gasteiger partial charge in [-0.05, 0) is 35.6 Å². The quantitative estimate of drug-likeness (QED) is 0.313. The molecule has 0 spiro atoms. The zero-order valence-electron chi connectivity index (χ0n) is 15.6. The summed E-state index contributed by atoms with van der Waals surface area (Å²) in [6.07, 6.45) is 3.57. The van der Waals surface area contributed by atoms with E-state index in [1.54, 1.807) is 17.0 Å². The van der Waals surface area contributed by atoms with Gasteiger partial charge >= 0.3 is 0 Å². The molecule has 3 aromatic rings. The lowest BCUT2D eigenvalue weighted by atomic mass is 10.1. The van der Waals surface area contributed by atoms with E-state index >= 15 is 0 Å². The first kappa shape index (κ1) is 19.5. The van der Waals surface area contributed by atoms with Gasteiger partial charge in [0.2, 0.25) is 5.70 Å². The highest BCUT2D eigenvalue weighted by Crippen LogP contribution is 2.18. The molecule has 0 saturated carbocycles. The second-order valence-corrected chi connectivity index (χ2v) is 6.77. The first-order valence-electron chi connectivity index (χ1n) is 8.68. The Kier molecular flexibility index (Phi) is 6.01. The topological polar surface area (TPSA) is 42.2 Å². The Morgan fingerprint density at radius 2 is 1.57 bits per heavy atom. The van der Waals surface area contributed by atoms with Crippen molar-refractivity contribution in [3.8, 4) is 0 Å². The van der Waals surface area contributed by atoms with Gasteiger partial charge in [0.1, 0.15) is 5.82 Å². The fourth-order valence-electron chi connectivity index (χ4n) is 2.65. The van der Waals surface area contributed by atoms with Crippen LogP contribution in [0.4, 0.5) is 15.8 Å². The molecule has 28 heavy (non-hydrogen) atoms. The van der Waals surface area contributed by atoms with Gasteiger partial charge in [-0.25, -0.2) is 4.39 Å². The average molecular weight is 393 g/mol. The summed E-state index contributed by atoms with van der Waals surface area (Å²) in [5.74, 6) is -0.692. The van der Waals surface area contributed by atoms with E-state index in [0.717, 1.165) is 11.4 Å². The van der Waals surface area contributed by atoms with Crippen LogP contribution in [0.2, 0.25) is 0 Å². The van der Waals surface area contributed by atoms with E-state index in [0.29, 0.717) is 5.56 Å². The Morgan fingerprint density at radius 3 is 2.14 bits per heavy atom. The maximum atomic E-state index is 13.3. The van der Waals surface area contributed by atoms with E-state index in [2.05, 4.69) is 5.32 Å². The zero-order chi connectivity index (χ0) is 20.1. The maximum Gasteiger partial charge on any atom is 0.238 e. The number of nitrogens with zero attached hydrogens (tertiary/aromatic N) is 2. The minimum Gasteiger partial charge on any atom is -0.867 e. The average Bonchev–Trinajstić information content (AvgIpc) is 2.70. The van der Waals surface area contributed by atoms with E-state index in [9.17, 15) is 9.50 Å². The van der Waals surface area contributed by atoms with Gasteiger partial charge in [-0.2, -0.15) is 4.57 Å². The third-order valence-corrected chi connectivity index (χ3v) is 4.45. The van der Waals surface area contributed by atoms with Crippen molar-refractivity contribution < 1.29 is 14.1 Å². The Labute approximate surface area is 169 Å². The highest BCUT2D eigenvalue weighted by atomic mass is 32.1. The number of halogens is 1. The Hall–Kier alpha value is -3.25. The summed E-state index contributed by atoms with van der Waals surface area (Å²) in [5, 5.41) is 16.3. The van der Waals surface area contributed by atoms with Crippen LogP contribution in [0.5, 0.6) is 0 Å². The van der Waals surface area contributed by atoms with Crippen LogP contribution in [0.15, 0.2) is 79.1 Å². The molecular weight excluding hydrogens is 373 g/mol. The Balaban J connectivity index is 2.06. The van der Waals surface area contributed by atoms with Crippen LogP contribution >= 0.6 is 12.2 Å². The van der Waals surface area contributed by atoms with Crippen molar-refractivity contribution in [2.75, 3.05) is 24.3 Å². The molecular formula is C22H20FN3OS. The number of thiocarbonyl (C=S) groups is 1. The molecule has 0 unspecified atom stereocenters. The van der Waals surface area contributed by atoms with Crippen LogP contribution in [-0.4, -0.2) is 19.1 Å². The molecule has 0 bridgehead atoms. The number of nitrogens with one attached hydrogen (secondary N) is 1. The molecule has 142 valence electrons. The normalized spacial score (nSPS) is 11.5. The molecule has 1 heterocycles. The van der Waals surface area contributed by atoms with Crippen LogP contribution in [0.1, 0.15) is 5.56 Å². The largest absolute Gasteiger partial charge is 0.867 e. The minimum atomic E-state index is -0.397. The van der Waals surface area contributed by atoms with Gasteiger partial charge in [0, 0.05) is 37.6 Å². The standard InChI is InChI=1S/C22H20FN3OS/c1-25(2)19-12-14-26(15-13-19)20(21(27)16-8-10-17(23)11-9-16)22(28)24-18-6-4-3-5-7-18/h3-15H,1-2H3,(H-,24,27,28). The molecule has 0 amide bonds. The summed E-state index contributed by atoms with van der Waals surface area (Å²) >= 11 is 5.55. The predicted octanol–water partition coefficient (Wildman–Crippen LogP) is 3.30. The van der Waals surface area contributed by atoms with E-state index < -0.39 is 5.82 Å². The molecule has 2 aromatic carbocycles. The van der Waals surface area contributed by atoms with Gasteiger partial charge in [-0.3, -0.25) is 0 Å².